The molecule has 6 aromatic rings. The predicted molar refractivity (Wildman–Crippen MR) is 240 cm³/mol. The minimum atomic E-state index is -0.264. The Bertz CT molecular complexity index is 2490. The van der Waals surface area contributed by atoms with Crippen LogP contribution >= 0.6 is 0 Å². The van der Waals surface area contributed by atoms with Crippen LogP contribution in [0.4, 0.5) is 0 Å². The van der Waals surface area contributed by atoms with Crippen molar-refractivity contribution in [1.82, 2.24) is 0 Å². The molecule has 0 fully saturated rings. The van der Waals surface area contributed by atoms with Gasteiger partial charge in [-0.25, -0.2) is 0 Å². The van der Waals surface area contributed by atoms with Gasteiger partial charge < -0.3 is 0 Å². The van der Waals surface area contributed by atoms with E-state index in [2.05, 4.69) is 202 Å². The summed E-state index contributed by atoms with van der Waals surface area (Å²) in [6.45, 7) is 16.5. The molecule has 0 radical (unpaired) electrons. The highest BCUT2D eigenvalue weighted by molar-refractivity contribution is 5.97. The SMILES string of the molecule is C=CC1=C(/C=C\C)c2ccccc2C12c1ccccc1-c1ccccc12.CC.CC.CC1=CC2C(C=C1)c1ccccc1C21c2ccccc2-c2ccccc21. The van der Waals surface area contributed by atoms with Crippen LogP contribution in [0.2, 0.25) is 0 Å². The standard InChI is InChI=1S/2C26H20.2C2H6/c1-17-14-15-21-20-10-4-7-13-24(20)26(25(21)16-17)22-11-5-2-8-18(22)19-9-3-6-12-23(19)26;1-3-11-18-19-12-5-8-15-23(19)26(22(18)4-2)24-16-9-6-13-20(24)21-14-7-10-17-25(21)26;2*1-2/h2-16,21,25H,1H3;3-17H,2H2,1H3;2*1-2H3/b;11-3-;;. The van der Waals surface area contributed by atoms with E-state index < -0.39 is 0 Å². The predicted octanol–water partition coefficient (Wildman–Crippen LogP) is 14.8. The number of hydrogen-bond donors (Lipinski definition) is 0. The second-order valence-electron chi connectivity index (χ2n) is 14.7. The molecule has 0 bridgehead atoms. The fourth-order valence-electron chi connectivity index (χ4n) is 10.7. The summed E-state index contributed by atoms with van der Waals surface area (Å²) in [5.41, 5.74) is 20.4. The Balaban J connectivity index is 0.000000145. The fraction of sp³-hybridized carbons (Fsp3) is 0.179. The van der Waals surface area contributed by atoms with Crippen LogP contribution in [0, 0.1) is 5.92 Å². The van der Waals surface area contributed by atoms with Gasteiger partial charge in [0.25, 0.3) is 0 Å². The zero-order valence-corrected chi connectivity index (χ0v) is 33.7. The minimum absolute atomic E-state index is 0.0690. The van der Waals surface area contributed by atoms with Crippen molar-refractivity contribution in [2.24, 2.45) is 5.92 Å². The van der Waals surface area contributed by atoms with Gasteiger partial charge in [0.15, 0.2) is 0 Å². The lowest BCUT2D eigenvalue weighted by Gasteiger charge is -2.36. The smallest absolute Gasteiger partial charge is 0.0725 e. The van der Waals surface area contributed by atoms with Crippen molar-refractivity contribution < 1.29 is 0 Å². The molecule has 6 aromatic carbocycles. The van der Waals surface area contributed by atoms with E-state index in [0.29, 0.717) is 11.8 Å². The molecule has 0 nitrogen and oxygen atoms in total. The Morgan fingerprint density at radius 3 is 1.43 bits per heavy atom. The maximum absolute atomic E-state index is 4.23. The van der Waals surface area contributed by atoms with E-state index >= 15 is 0 Å². The molecule has 5 aliphatic rings. The van der Waals surface area contributed by atoms with Crippen LogP contribution in [-0.4, -0.2) is 0 Å². The van der Waals surface area contributed by atoms with Crippen molar-refractivity contribution in [3.05, 3.63) is 244 Å². The van der Waals surface area contributed by atoms with Crippen molar-refractivity contribution in [3.63, 3.8) is 0 Å². The zero-order valence-electron chi connectivity index (χ0n) is 33.7. The first-order valence-electron chi connectivity index (χ1n) is 20.6. The summed E-state index contributed by atoms with van der Waals surface area (Å²) in [6.07, 6.45) is 13.7. The summed E-state index contributed by atoms with van der Waals surface area (Å²) >= 11 is 0. The third kappa shape index (κ3) is 4.98. The first-order chi connectivity index (χ1) is 27.6. The molecule has 0 aliphatic heterocycles. The molecule has 2 spiro atoms. The monoisotopic (exact) mass is 724 g/mol. The fourth-order valence-corrected chi connectivity index (χ4v) is 10.7. The summed E-state index contributed by atoms with van der Waals surface area (Å²) in [5.74, 6) is 0.892. The molecule has 0 saturated heterocycles. The Hall–Kier alpha value is -5.98. The number of fused-ring (bicyclic) bond motifs is 17. The van der Waals surface area contributed by atoms with Gasteiger partial charge in [0, 0.05) is 11.8 Å². The first kappa shape index (κ1) is 37.0. The van der Waals surface area contributed by atoms with Gasteiger partial charge in [-0.05, 0) is 91.8 Å². The molecule has 5 aliphatic carbocycles. The third-order valence-electron chi connectivity index (χ3n) is 12.4. The Morgan fingerprint density at radius 2 is 0.929 bits per heavy atom. The highest BCUT2D eigenvalue weighted by Gasteiger charge is 2.57. The molecule has 56 heavy (non-hydrogen) atoms. The molecule has 0 saturated carbocycles. The van der Waals surface area contributed by atoms with Crippen LogP contribution in [0.1, 0.15) is 92.0 Å². The lowest BCUT2D eigenvalue weighted by atomic mass is 9.65. The summed E-state index contributed by atoms with van der Waals surface area (Å²) in [4.78, 5) is 0. The second kappa shape index (κ2) is 14.9. The van der Waals surface area contributed by atoms with Crippen molar-refractivity contribution in [2.75, 3.05) is 0 Å². The van der Waals surface area contributed by atoms with Crippen molar-refractivity contribution in [2.45, 2.75) is 58.3 Å². The maximum atomic E-state index is 4.23. The van der Waals surface area contributed by atoms with Gasteiger partial charge in [-0.1, -0.05) is 222 Å². The highest BCUT2D eigenvalue weighted by Crippen LogP contribution is 2.65. The van der Waals surface area contributed by atoms with Crippen LogP contribution < -0.4 is 0 Å². The summed E-state index contributed by atoms with van der Waals surface area (Å²) in [5, 5.41) is 0. The van der Waals surface area contributed by atoms with E-state index in [1.807, 2.05) is 27.7 Å². The van der Waals surface area contributed by atoms with Crippen molar-refractivity contribution in [1.29, 1.82) is 0 Å². The maximum Gasteiger partial charge on any atom is 0.0725 e. The lowest BCUT2D eigenvalue weighted by Crippen LogP contribution is -2.33. The average Bonchev–Trinajstić information content (AvgIpc) is 3.94. The van der Waals surface area contributed by atoms with Crippen LogP contribution in [0.3, 0.4) is 0 Å². The second-order valence-corrected chi connectivity index (χ2v) is 14.7. The minimum Gasteiger partial charge on any atom is -0.0987 e. The molecule has 0 amide bonds. The molecule has 2 unspecified atom stereocenters. The molecule has 11 rings (SSSR count). The van der Waals surface area contributed by atoms with E-state index in [9.17, 15) is 0 Å². The number of hydrogen-bond acceptors (Lipinski definition) is 0. The van der Waals surface area contributed by atoms with E-state index in [0.717, 1.165) is 0 Å². The van der Waals surface area contributed by atoms with Gasteiger partial charge in [-0.2, -0.15) is 0 Å². The summed E-state index contributed by atoms with van der Waals surface area (Å²) in [6, 6.07) is 53.7. The number of rotatable bonds is 2. The van der Waals surface area contributed by atoms with Crippen LogP contribution in [0.15, 0.2) is 200 Å². The Kier molecular flexibility index (Phi) is 9.85. The van der Waals surface area contributed by atoms with Gasteiger partial charge in [0.2, 0.25) is 0 Å². The Labute approximate surface area is 335 Å². The third-order valence-corrected chi connectivity index (χ3v) is 12.4. The van der Waals surface area contributed by atoms with Gasteiger partial charge in [0.05, 0.1) is 10.8 Å². The van der Waals surface area contributed by atoms with Crippen LogP contribution in [-0.2, 0) is 10.8 Å². The van der Waals surface area contributed by atoms with Gasteiger partial charge in [-0.15, -0.1) is 0 Å². The zero-order chi connectivity index (χ0) is 39.0. The number of allylic oxidation sites excluding steroid dienone is 9. The largest absolute Gasteiger partial charge is 0.0987 e. The topological polar surface area (TPSA) is 0 Å². The highest BCUT2D eigenvalue weighted by atomic mass is 14.6. The molecule has 0 heteroatoms. The summed E-state index contributed by atoms with van der Waals surface area (Å²) < 4.78 is 0. The molecule has 2 atom stereocenters. The van der Waals surface area contributed by atoms with Crippen LogP contribution in [0.5, 0.6) is 0 Å². The average molecular weight is 725 g/mol. The normalized spacial score (nSPS) is 18.4. The molecule has 0 aromatic heterocycles. The summed E-state index contributed by atoms with van der Waals surface area (Å²) in [7, 11) is 0. The number of benzene rings is 6. The van der Waals surface area contributed by atoms with Crippen molar-refractivity contribution in [3.8, 4) is 22.3 Å². The molecule has 0 heterocycles. The molecular formula is C56H52. The Morgan fingerprint density at radius 1 is 0.518 bits per heavy atom. The van der Waals surface area contributed by atoms with E-state index in [-0.39, 0.29) is 10.8 Å². The lowest BCUT2D eigenvalue weighted by molar-refractivity contribution is 0.463. The van der Waals surface area contributed by atoms with E-state index in [1.54, 1.807) is 0 Å². The van der Waals surface area contributed by atoms with Gasteiger partial charge >= 0.3 is 0 Å². The van der Waals surface area contributed by atoms with Crippen LogP contribution in [0.25, 0.3) is 27.8 Å². The first-order valence-corrected chi connectivity index (χ1v) is 20.6. The van der Waals surface area contributed by atoms with E-state index in [1.165, 1.54) is 83.5 Å². The molecule has 0 N–H and O–H groups in total. The molecule has 276 valence electrons. The van der Waals surface area contributed by atoms with E-state index in [4.69, 9.17) is 0 Å². The van der Waals surface area contributed by atoms with Crippen molar-refractivity contribution >= 4 is 5.57 Å². The quantitative estimate of drug-likeness (QED) is 0.167. The molecular weight excluding hydrogens is 673 g/mol. The van der Waals surface area contributed by atoms with Gasteiger partial charge in [-0.3, -0.25) is 0 Å². The van der Waals surface area contributed by atoms with Gasteiger partial charge in [0.1, 0.15) is 0 Å².